The summed E-state index contributed by atoms with van der Waals surface area (Å²) in [5.41, 5.74) is 0.758. The molecule has 2 heterocycles. The lowest BCUT2D eigenvalue weighted by molar-refractivity contribution is 0.460. The number of aromatic nitrogens is 3. The van der Waals surface area contributed by atoms with Crippen molar-refractivity contribution in [2.24, 2.45) is 0 Å². The number of alkyl halides is 1. The van der Waals surface area contributed by atoms with Crippen molar-refractivity contribution in [1.29, 1.82) is 0 Å². The van der Waals surface area contributed by atoms with E-state index >= 15 is 0 Å². The molecule has 0 amide bonds. The second-order valence-electron chi connectivity index (χ2n) is 3.16. The first-order valence-corrected chi connectivity index (χ1v) is 4.42. The molecule has 2 N–H and O–H groups in total. The molecule has 0 saturated heterocycles. The van der Waals surface area contributed by atoms with Crippen LogP contribution in [0.25, 0.3) is 11.0 Å². The molecule has 0 bridgehead atoms. The molecule has 5 heteroatoms. The first-order chi connectivity index (χ1) is 6.81. The molecule has 1 unspecified atom stereocenters. The Bertz CT molecular complexity index is 425. The van der Waals surface area contributed by atoms with Crippen molar-refractivity contribution in [1.82, 2.24) is 15.0 Å². The average molecular weight is 194 g/mol. The van der Waals surface area contributed by atoms with E-state index in [-0.39, 0.29) is 6.04 Å². The van der Waals surface area contributed by atoms with Crippen molar-refractivity contribution < 1.29 is 4.39 Å². The number of anilines is 1. The van der Waals surface area contributed by atoms with Gasteiger partial charge in [-0.05, 0) is 13.0 Å². The van der Waals surface area contributed by atoms with E-state index in [2.05, 4.69) is 20.3 Å². The van der Waals surface area contributed by atoms with Crippen LogP contribution < -0.4 is 5.32 Å². The highest BCUT2D eigenvalue weighted by Gasteiger charge is 2.06. The maximum Gasteiger partial charge on any atom is 0.142 e. The van der Waals surface area contributed by atoms with Gasteiger partial charge < -0.3 is 10.3 Å². The largest absolute Gasteiger partial charge is 0.364 e. The number of hydrogen-bond acceptors (Lipinski definition) is 3. The second-order valence-corrected chi connectivity index (χ2v) is 3.16. The molecule has 1 atom stereocenters. The Labute approximate surface area is 80.6 Å². The zero-order chi connectivity index (χ0) is 9.97. The molecule has 0 aromatic carbocycles. The maximum atomic E-state index is 12.3. The zero-order valence-electron chi connectivity index (χ0n) is 7.79. The summed E-state index contributed by atoms with van der Waals surface area (Å²) in [4.78, 5) is 11.1. The summed E-state index contributed by atoms with van der Waals surface area (Å²) >= 11 is 0. The number of hydrogen-bond donors (Lipinski definition) is 2. The van der Waals surface area contributed by atoms with E-state index in [0.717, 1.165) is 11.0 Å². The van der Waals surface area contributed by atoms with Gasteiger partial charge >= 0.3 is 0 Å². The first kappa shape index (κ1) is 8.93. The molecule has 2 aromatic heterocycles. The van der Waals surface area contributed by atoms with Crippen LogP contribution in [0, 0.1) is 0 Å². The molecule has 0 spiro atoms. The van der Waals surface area contributed by atoms with E-state index < -0.39 is 6.67 Å². The highest BCUT2D eigenvalue weighted by Crippen LogP contribution is 2.17. The topological polar surface area (TPSA) is 53.6 Å². The Morgan fingerprint density at radius 3 is 3.21 bits per heavy atom. The molecule has 2 aromatic rings. The van der Waals surface area contributed by atoms with E-state index in [9.17, 15) is 4.39 Å². The third kappa shape index (κ3) is 1.53. The zero-order valence-corrected chi connectivity index (χ0v) is 7.79. The van der Waals surface area contributed by atoms with Gasteiger partial charge in [-0.3, -0.25) is 0 Å². The molecule has 0 aliphatic heterocycles. The van der Waals surface area contributed by atoms with E-state index in [1.165, 1.54) is 6.33 Å². The van der Waals surface area contributed by atoms with Crippen molar-refractivity contribution in [2.45, 2.75) is 13.0 Å². The van der Waals surface area contributed by atoms with E-state index in [0.29, 0.717) is 5.82 Å². The van der Waals surface area contributed by atoms with Gasteiger partial charge in [0.25, 0.3) is 0 Å². The van der Waals surface area contributed by atoms with Crippen LogP contribution in [0.15, 0.2) is 18.6 Å². The summed E-state index contributed by atoms with van der Waals surface area (Å²) < 4.78 is 12.3. The molecule has 2 rings (SSSR count). The minimum atomic E-state index is -0.421. The Balaban J connectivity index is 2.36. The highest BCUT2D eigenvalue weighted by molar-refractivity contribution is 5.86. The van der Waals surface area contributed by atoms with Crippen LogP contribution in [-0.4, -0.2) is 27.7 Å². The minimum absolute atomic E-state index is 0.233. The molecule has 0 aliphatic carbocycles. The highest BCUT2D eigenvalue weighted by atomic mass is 19.1. The molecule has 0 radical (unpaired) electrons. The lowest BCUT2D eigenvalue weighted by Crippen LogP contribution is -2.18. The Morgan fingerprint density at radius 1 is 1.57 bits per heavy atom. The van der Waals surface area contributed by atoms with Crippen LogP contribution in [0.2, 0.25) is 0 Å². The van der Waals surface area contributed by atoms with Crippen LogP contribution in [0.3, 0.4) is 0 Å². The van der Waals surface area contributed by atoms with Crippen LogP contribution in [-0.2, 0) is 0 Å². The summed E-state index contributed by atoms with van der Waals surface area (Å²) in [6.45, 7) is 1.34. The lowest BCUT2D eigenvalue weighted by atomic mass is 10.3. The van der Waals surface area contributed by atoms with Gasteiger partial charge in [0.05, 0.1) is 11.4 Å². The molecule has 14 heavy (non-hydrogen) atoms. The summed E-state index contributed by atoms with van der Waals surface area (Å²) in [6.07, 6.45) is 3.23. The molecular formula is C9H11FN4. The number of halogens is 1. The third-order valence-electron chi connectivity index (χ3n) is 1.97. The van der Waals surface area contributed by atoms with Crippen LogP contribution in [0.5, 0.6) is 0 Å². The van der Waals surface area contributed by atoms with Crippen molar-refractivity contribution in [3.8, 4) is 0 Å². The van der Waals surface area contributed by atoms with Gasteiger partial charge in [-0.1, -0.05) is 0 Å². The quantitative estimate of drug-likeness (QED) is 0.782. The fourth-order valence-corrected chi connectivity index (χ4v) is 1.26. The van der Waals surface area contributed by atoms with Gasteiger partial charge in [0.1, 0.15) is 24.5 Å². The van der Waals surface area contributed by atoms with Gasteiger partial charge in [0.2, 0.25) is 0 Å². The van der Waals surface area contributed by atoms with Crippen LogP contribution in [0.4, 0.5) is 10.2 Å². The number of nitrogens with one attached hydrogen (secondary N) is 2. The van der Waals surface area contributed by atoms with Gasteiger partial charge in [-0.15, -0.1) is 0 Å². The number of aromatic amines is 1. The predicted octanol–water partition coefficient (Wildman–Crippen LogP) is 1.73. The number of rotatable bonds is 3. The summed E-state index contributed by atoms with van der Waals surface area (Å²) in [5.74, 6) is 0.668. The Morgan fingerprint density at radius 2 is 2.43 bits per heavy atom. The minimum Gasteiger partial charge on any atom is -0.364 e. The lowest BCUT2D eigenvalue weighted by Gasteiger charge is -2.10. The van der Waals surface area contributed by atoms with Crippen LogP contribution in [0.1, 0.15) is 6.92 Å². The second kappa shape index (κ2) is 3.61. The monoisotopic (exact) mass is 194 g/mol. The summed E-state index contributed by atoms with van der Waals surface area (Å²) in [6, 6.07) is 1.63. The van der Waals surface area contributed by atoms with Gasteiger partial charge in [-0.25, -0.2) is 14.4 Å². The van der Waals surface area contributed by atoms with E-state index in [4.69, 9.17) is 0 Å². The van der Waals surface area contributed by atoms with Gasteiger partial charge in [-0.2, -0.15) is 0 Å². The molecule has 0 aliphatic rings. The number of H-pyrrole nitrogens is 1. The normalized spacial score (nSPS) is 13.0. The van der Waals surface area contributed by atoms with Crippen molar-refractivity contribution in [2.75, 3.05) is 12.0 Å². The SMILES string of the molecule is CC(CF)Nc1ncnc2[nH]ccc12. The molecular weight excluding hydrogens is 183 g/mol. The predicted molar refractivity (Wildman–Crippen MR) is 52.9 cm³/mol. The standard InChI is InChI=1S/C9H11FN4/c1-6(4-10)14-9-7-2-3-11-8(7)12-5-13-9/h2-3,5-6H,4H2,1H3,(H2,11,12,13,14). The molecule has 0 fully saturated rings. The maximum absolute atomic E-state index is 12.3. The smallest absolute Gasteiger partial charge is 0.142 e. The van der Waals surface area contributed by atoms with Crippen molar-refractivity contribution in [3.05, 3.63) is 18.6 Å². The van der Waals surface area contributed by atoms with Crippen LogP contribution >= 0.6 is 0 Å². The third-order valence-corrected chi connectivity index (χ3v) is 1.97. The van der Waals surface area contributed by atoms with E-state index in [1.807, 2.05) is 6.07 Å². The van der Waals surface area contributed by atoms with Crippen molar-refractivity contribution in [3.63, 3.8) is 0 Å². The first-order valence-electron chi connectivity index (χ1n) is 4.42. The fraction of sp³-hybridized carbons (Fsp3) is 0.333. The van der Waals surface area contributed by atoms with Gasteiger partial charge in [0, 0.05) is 6.20 Å². The Hall–Kier alpha value is -1.65. The molecule has 0 saturated carbocycles. The Kier molecular flexibility index (Phi) is 2.30. The number of fused-ring (bicyclic) bond motifs is 1. The fourth-order valence-electron chi connectivity index (χ4n) is 1.26. The summed E-state index contributed by atoms with van der Waals surface area (Å²) in [5, 5.41) is 3.86. The molecule has 4 nitrogen and oxygen atoms in total. The van der Waals surface area contributed by atoms with Gasteiger partial charge in [0.15, 0.2) is 0 Å². The number of nitrogens with zero attached hydrogens (tertiary/aromatic N) is 2. The van der Waals surface area contributed by atoms with Crippen molar-refractivity contribution >= 4 is 16.9 Å². The molecule has 74 valence electrons. The van der Waals surface area contributed by atoms with E-state index in [1.54, 1.807) is 13.1 Å². The average Bonchev–Trinajstić information content (AvgIpc) is 2.66. The summed E-state index contributed by atoms with van der Waals surface area (Å²) in [7, 11) is 0.